The number of carbonyl (C=O) groups is 3. The maximum absolute atomic E-state index is 9.97. The zero-order chi connectivity index (χ0) is 13.3. The molecule has 92 valence electrons. The van der Waals surface area contributed by atoms with Gasteiger partial charge in [0.1, 0.15) is 6.04 Å². The summed E-state index contributed by atoms with van der Waals surface area (Å²) in [5.74, 6) is -3.52. The first kappa shape index (κ1) is 16.9. The van der Waals surface area contributed by atoms with Gasteiger partial charge >= 0.3 is 17.9 Å². The lowest BCUT2D eigenvalue weighted by atomic mass is 10.2. The van der Waals surface area contributed by atoms with E-state index in [1.807, 2.05) is 0 Å². The Morgan fingerprint density at radius 2 is 1.44 bits per heavy atom. The fraction of sp³-hybridized carbons (Fsp3) is 0.375. The lowest BCUT2D eigenvalue weighted by molar-refractivity contribution is -0.138. The highest BCUT2D eigenvalue weighted by molar-refractivity contribution is 7.81. The van der Waals surface area contributed by atoms with Crippen molar-refractivity contribution in [3.63, 3.8) is 0 Å². The van der Waals surface area contributed by atoms with E-state index in [2.05, 4.69) is 12.6 Å². The molecule has 1 unspecified atom stereocenters. The van der Waals surface area contributed by atoms with E-state index in [9.17, 15) is 14.4 Å². The highest BCUT2D eigenvalue weighted by Crippen LogP contribution is 1.96. The number of hydrogen-bond donors (Lipinski definition) is 5. The molecule has 0 saturated carbocycles. The third kappa shape index (κ3) is 12.5. The summed E-state index contributed by atoms with van der Waals surface area (Å²) in [6, 6.07) is -0.849. The maximum Gasteiger partial charge on any atom is 0.328 e. The predicted molar refractivity (Wildman–Crippen MR) is 58.5 cm³/mol. The van der Waals surface area contributed by atoms with Gasteiger partial charge in [0.2, 0.25) is 0 Å². The van der Waals surface area contributed by atoms with E-state index >= 15 is 0 Å². The van der Waals surface area contributed by atoms with Crippen LogP contribution in [0.25, 0.3) is 0 Å². The first-order valence-electron chi connectivity index (χ1n) is 3.98. The van der Waals surface area contributed by atoms with Crippen molar-refractivity contribution in [2.45, 2.75) is 18.2 Å². The minimum Gasteiger partial charge on any atom is -0.480 e. The fourth-order valence-electron chi connectivity index (χ4n) is 0.349. The van der Waals surface area contributed by atoms with Gasteiger partial charge in [-0.25, -0.2) is 9.59 Å². The van der Waals surface area contributed by atoms with E-state index in [0.717, 1.165) is 0 Å². The summed E-state index contributed by atoms with van der Waals surface area (Å²) in [6.07, 6.45) is 1.12. The average Bonchev–Trinajstić information content (AvgIpc) is 2.14. The van der Waals surface area contributed by atoms with E-state index in [-0.39, 0.29) is 5.25 Å². The molecule has 0 radical (unpaired) electrons. The van der Waals surface area contributed by atoms with Gasteiger partial charge in [-0.05, 0) is 0 Å². The summed E-state index contributed by atoms with van der Waals surface area (Å²) in [7, 11) is 0. The van der Waals surface area contributed by atoms with Gasteiger partial charge in [-0.1, -0.05) is 6.92 Å². The lowest BCUT2D eigenvalue weighted by Gasteiger charge is -2.07. The number of nitrogens with two attached hydrogens (primary N) is 1. The SMILES string of the molecule is CC(S)[C@H](N)C(=O)O.O=C(O)/C=C\C(=O)O. The fourth-order valence-corrected chi connectivity index (χ4v) is 0.476. The molecule has 0 aliphatic rings. The molecule has 0 aliphatic carbocycles. The van der Waals surface area contributed by atoms with Crippen LogP contribution in [0.3, 0.4) is 0 Å². The molecule has 8 heteroatoms. The Kier molecular flexibility index (Phi) is 9.22. The number of carboxylic acid groups (broad SMARTS) is 3. The lowest BCUT2D eigenvalue weighted by Crippen LogP contribution is -2.37. The van der Waals surface area contributed by atoms with Gasteiger partial charge in [-0.3, -0.25) is 4.79 Å². The number of thiol groups is 1. The molecule has 5 N–H and O–H groups in total. The minimum atomic E-state index is -1.26. The van der Waals surface area contributed by atoms with Crippen molar-refractivity contribution in [1.29, 1.82) is 0 Å². The molecule has 0 spiro atoms. The largest absolute Gasteiger partial charge is 0.480 e. The number of hydrogen-bond acceptors (Lipinski definition) is 5. The van der Waals surface area contributed by atoms with E-state index in [4.69, 9.17) is 21.1 Å². The van der Waals surface area contributed by atoms with Crippen molar-refractivity contribution in [2.75, 3.05) is 0 Å². The molecule has 0 bridgehead atoms. The zero-order valence-corrected chi connectivity index (χ0v) is 9.29. The predicted octanol–water partition coefficient (Wildman–Crippen LogP) is -0.572. The number of aliphatic carboxylic acids is 3. The average molecular weight is 251 g/mol. The second-order valence-electron chi connectivity index (χ2n) is 2.61. The summed E-state index contributed by atoms with van der Waals surface area (Å²) in [5, 5.41) is 23.5. The smallest absolute Gasteiger partial charge is 0.328 e. The monoisotopic (exact) mass is 251 g/mol. The molecule has 0 aliphatic heterocycles. The van der Waals surface area contributed by atoms with Crippen LogP contribution in [-0.2, 0) is 14.4 Å². The summed E-state index contributed by atoms with van der Waals surface area (Å²) < 4.78 is 0. The first-order valence-corrected chi connectivity index (χ1v) is 4.50. The van der Waals surface area contributed by atoms with Gasteiger partial charge in [0.05, 0.1) is 0 Å². The topological polar surface area (TPSA) is 138 Å². The number of rotatable bonds is 4. The van der Waals surface area contributed by atoms with Gasteiger partial charge in [-0.15, -0.1) is 0 Å². The molecule has 0 amide bonds. The summed E-state index contributed by atoms with van der Waals surface area (Å²) in [4.78, 5) is 29.1. The van der Waals surface area contributed by atoms with Crippen molar-refractivity contribution in [1.82, 2.24) is 0 Å². The van der Waals surface area contributed by atoms with Crippen LogP contribution in [0.4, 0.5) is 0 Å². The van der Waals surface area contributed by atoms with Crippen molar-refractivity contribution in [3.8, 4) is 0 Å². The van der Waals surface area contributed by atoms with Crippen molar-refractivity contribution >= 4 is 30.5 Å². The molecule has 0 rings (SSSR count). The molecular formula is C8H13NO6S. The summed E-state index contributed by atoms with van der Waals surface area (Å²) >= 11 is 3.83. The Morgan fingerprint density at radius 1 is 1.12 bits per heavy atom. The second-order valence-corrected chi connectivity index (χ2v) is 3.43. The molecule has 0 saturated heterocycles. The van der Waals surface area contributed by atoms with E-state index in [0.29, 0.717) is 12.2 Å². The van der Waals surface area contributed by atoms with Gasteiger partial charge < -0.3 is 21.1 Å². The van der Waals surface area contributed by atoms with Crippen LogP contribution in [-0.4, -0.2) is 44.5 Å². The molecular weight excluding hydrogens is 238 g/mol. The number of carboxylic acids is 3. The Morgan fingerprint density at radius 3 is 1.50 bits per heavy atom. The van der Waals surface area contributed by atoms with Crippen LogP contribution in [0.2, 0.25) is 0 Å². The van der Waals surface area contributed by atoms with E-state index < -0.39 is 23.9 Å². The molecule has 0 aromatic rings. The highest BCUT2D eigenvalue weighted by Gasteiger charge is 2.15. The van der Waals surface area contributed by atoms with Crippen molar-refractivity contribution in [3.05, 3.63) is 12.2 Å². The zero-order valence-electron chi connectivity index (χ0n) is 8.40. The quantitative estimate of drug-likeness (QED) is 0.333. The van der Waals surface area contributed by atoms with Crippen LogP contribution >= 0.6 is 12.6 Å². The Hall–Kier alpha value is -1.54. The van der Waals surface area contributed by atoms with Crippen molar-refractivity contribution < 1.29 is 29.7 Å². The van der Waals surface area contributed by atoms with Gasteiger partial charge in [0, 0.05) is 17.4 Å². The van der Waals surface area contributed by atoms with Crippen LogP contribution in [0, 0.1) is 0 Å². The molecule has 0 fully saturated rings. The summed E-state index contributed by atoms with van der Waals surface area (Å²) in [5.41, 5.74) is 5.08. The third-order valence-electron chi connectivity index (χ3n) is 1.17. The van der Waals surface area contributed by atoms with Crippen LogP contribution < -0.4 is 5.73 Å². The van der Waals surface area contributed by atoms with Crippen molar-refractivity contribution in [2.24, 2.45) is 5.73 Å². The molecule has 0 aromatic heterocycles. The molecule has 0 heterocycles. The highest BCUT2D eigenvalue weighted by atomic mass is 32.1. The van der Waals surface area contributed by atoms with Gasteiger partial charge in [0.15, 0.2) is 0 Å². The third-order valence-corrected chi connectivity index (χ3v) is 1.49. The second kappa shape index (κ2) is 8.74. The summed E-state index contributed by atoms with van der Waals surface area (Å²) in [6.45, 7) is 1.64. The molecule has 7 nitrogen and oxygen atoms in total. The Balaban J connectivity index is 0. The van der Waals surface area contributed by atoms with Gasteiger partial charge in [-0.2, -0.15) is 12.6 Å². The van der Waals surface area contributed by atoms with Crippen LogP contribution in [0.5, 0.6) is 0 Å². The van der Waals surface area contributed by atoms with E-state index in [1.165, 1.54) is 0 Å². The minimum absolute atomic E-state index is 0.285. The van der Waals surface area contributed by atoms with Crippen LogP contribution in [0.15, 0.2) is 12.2 Å². The molecule has 16 heavy (non-hydrogen) atoms. The Labute approximate surface area is 97.0 Å². The first-order chi connectivity index (χ1) is 7.18. The standard InChI is InChI=1S/C4H9NO2S.C4H4O4/c1-2(8)3(5)4(6)7;5-3(6)1-2-4(7)8/h2-3,8H,5H2,1H3,(H,6,7);1-2H,(H,5,6)(H,7,8)/b;2-1-/t2?,3-;/m0./s1. The Bertz CT molecular complexity index is 272. The maximum atomic E-state index is 9.97. The molecule has 0 aromatic carbocycles. The molecule has 2 atom stereocenters. The van der Waals surface area contributed by atoms with Crippen LogP contribution in [0.1, 0.15) is 6.92 Å². The normalized spacial score (nSPS) is 13.4. The van der Waals surface area contributed by atoms with Gasteiger partial charge in [0.25, 0.3) is 0 Å². The van der Waals surface area contributed by atoms with E-state index in [1.54, 1.807) is 6.92 Å².